The first-order valence-electron chi connectivity index (χ1n) is 5.69. The van der Waals surface area contributed by atoms with E-state index in [1.807, 2.05) is 0 Å². The third-order valence-electron chi connectivity index (χ3n) is 2.74. The summed E-state index contributed by atoms with van der Waals surface area (Å²) in [7, 11) is -1.18. The maximum Gasteiger partial charge on any atom is 0.0731 e. The summed E-state index contributed by atoms with van der Waals surface area (Å²) >= 11 is 5.16. The van der Waals surface area contributed by atoms with Gasteiger partial charge in [-0.3, -0.25) is 0 Å². The zero-order valence-electron chi connectivity index (χ0n) is 10.1. The van der Waals surface area contributed by atoms with Crippen LogP contribution in [0, 0.1) is 0 Å². The fourth-order valence-corrected chi connectivity index (χ4v) is 4.88. The van der Waals surface area contributed by atoms with Crippen LogP contribution in [0.25, 0.3) is 0 Å². The normalized spacial score (nSPS) is 14.0. The maximum absolute atomic E-state index is 5.80. The zero-order chi connectivity index (χ0) is 11.2. The van der Waals surface area contributed by atoms with Gasteiger partial charge in [0, 0.05) is 5.54 Å². The number of rotatable bonds is 7. The monoisotopic (exact) mass is 231 g/mol. The van der Waals surface area contributed by atoms with Crippen molar-refractivity contribution in [2.24, 2.45) is 5.73 Å². The van der Waals surface area contributed by atoms with Crippen LogP contribution in [-0.2, 0) is 0 Å². The molecule has 0 rings (SSSR count). The molecule has 0 bridgehead atoms. The van der Waals surface area contributed by atoms with E-state index in [1.165, 1.54) is 32.1 Å². The average Bonchev–Trinajstić information content (AvgIpc) is 2.01. The van der Waals surface area contributed by atoms with Crippen molar-refractivity contribution in [3.63, 3.8) is 0 Å². The number of hydrogen-bond acceptors (Lipinski definition) is 1. The number of hydrogen-bond donors (Lipinski definition) is 1. The molecule has 0 radical (unpaired) electrons. The van der Waals surface area contributed by atoms with Crippen molar-refractivity contribution in [2.45, 2.75) is 64.2 Å². The summed E-state index contributed by atoms with van der Waals surface area (Å²) in [6.45, 7) is 9.31. The molecular formula is C11H25NSSi. The van der Waals surface area contributed by atoms with Gasteiger partial charge in [-0.25, -0.2) is 0 Å². The first kappa shape index (κ1) is 14.1. The lowest BCUT2D eigenvalue weighted by Crippen LogP contribution is -2.36. The van der Waals surface area contributed by atoms with Crippen molar-refractivity contribution < 1.29 is 0 Å². The van der Waals surface area contributed by atoms with Gasteiger partial charge in [0.05, 0.1) is 13.1 Å². The van der Waals surface area contributed by atoms with E-state index < -0.39 is 8.07 Å². The first-order chi connectivity index (χ1) is 6.39. The smallest absolute Gasteiger partial charge is 0.0731 e. The molecule has 14 heavy (non-hydrogen) atoms. The number of unbranched alkanes of at least 4 members (excludes halogenated alkanes) is 3. The van der Waals surface area contributed by atoms with Gasteiger partial charge in [0.25, 0.3) is 0 Å². The van der Waals surface area contributed by atoms with Gasteiger partial charge in [-0.15, -0.1) is 0 Å². The van der Waals surface area contributed by atoms with Crippen LogP contribution < -0.4 is 5.73 Å². The van der Waals surface area contributed by atoms with E-state index in [0.29, 0.717) is 5.54 Å². The largest absolute Gasteiger partial charge is 0.393 e. The SMILES string of the molecule is CCCCCCC(C(N)=S)[Si](C)(C)C. The molecule has 0 fully saturated rings. The molecule has 1 nitrogen and oxygen atoms in total. The van der Waals surface area contributed by atoms with Gasteiger partial charge in [-0.05, 0) is 6.42 Å². The molecule has 3 heteroatoms. The molecule has 0 heterocycles. The average molecular weight is 231 g/mol. The quantitative estimate of drug-likeness (QED) is 0.408. The van der Waals surface area contributed by atoms with Gasteiger partial charge in [0.1, 0.15) is 0 Å². The highest BCUT2D eigenvalue weighted by Crippen LogP contribution is 2.28. The van der Waals surface area contributed by atoms with E-state index in [2.05, 4.69) is 26.6 Å². The molecular weight excluding hydrogens is 206 g/mol. The Morgan fingerprint density at radius 3 is 2.14 bits per heavy atom. The van der Waals surface area contributed by atoms with E-state index in [1.54, 1.807) is 0 Å². The summed E-state index contributed by atoms with van der Waals surface area (Å²) in [6, 6.07) is 0. The minimum Gasteiger partial charge on any atom is -0.393 e. The topological polar surface area (TPSA) is 26.0 Å². The van der Waals surface area contributed by atoms with E-state index >= 15 is 0 Å². The van der Waals surface area contributed by atoms with Crippen LogP contribution in [0.3, 0.4) is 0 Å². The van der Waals surface area contributed by atoms with Crippen LogP contribution in [0.15, 0.2) is 0 Å². The molecule has 1 atom stereocenters. The second-order valence-electron chi connectivity index (χ2n) is 5.17. The molecule has 0 aliphatic carbocycles. The standard InChI is InChI=1S/C11H25NSSi/c1-5-6-7-8-9-10(11(12)13)14(2,3)4/h10H,5-9H2,1-4H3,(H2,12,13). The van der Waals surface area contributed by atoms with Crippen molar-refractivity contribution in [1.82, 2.24) is 0 Å². The molecule has 0 saturated heterocycles. The highest BCUT2D eigenvalue weighted by Gasteiger charge is 2.28. The number of thiocarbonyl (C=S) groups is 1. The Morgan fingerprint density at radius 1 is 1.21 bits per heavy atom. The van der Waals surface area contributed by atoms with E-state index in [-0.39, 0.29) is 0 Å². The summed E-state index contributed by atoms with van der Waals surface area (Å²) in [6.07, 6.45) is 6.48. The van der Waals surface area contributed by atoms with Crippen LogP contribution in [0.5, 0.6) is 0 Å². The molecule has 1 unspecified atom stereocenters. The maximum atomic E-state index is 5.80. The van der Waals surface area contributed by atoms with Crippen LogP contribution in [-0.4, -0.2) is 13.1 Å². The van der Waals surface area contributed by atoms with Crippen molar-refractivity contribution in [1.29, 1.82) is 0 Å². The van der Waals surface area contributed by atoms with Crippen LogP contribution in [0.1, 0.15) is 39.0 Å². The summed E-state index contributed by atoms with van der Waals surface area (Å²) < 4.78 is 0. The second-order valence-corrected chi connectivity index (χ2v) is 11.1. The van der Waals surface area contributed by atoms with Crippen molar-refractivity contribution in [3.8, 4) is 0 Å². The minimum absolute atomic E-state index is 0.536. The summed E-state index contributed by atoms with van der Waals surface area (Å²) in [5.41, 5.74) is 6.34. The molecule has 0 aromatic carbocycles. The predicted octanol–water partition coefficient (Wildman–Crippen LogP) is 3.95. The van der Waals surface area contributed by atoms with Gasteiger partial charge in [-0.2, -0.15) is 0 Å². The molecule has 2 N–H and O–H groups in total. The highest BCUT2D eigenvalue weighted by atomic mass is 32.1. The number of nitrogens with two attached hydrogens (primary N) is 1. The van der Waals surface area contributed by atoms with Crippen molar-refractivity contribution in [2.75, 3.05) is 0 Å². The van der Waals surface area contributed by atoms with Crippen LogP contribution in [0.2, 0.25) is 25.2 Å². The lowest BCUT2D eigenvalue weighted by molar-refractivity contribution is 0.639. The van der Waals surface area contributed by atoms with Gasteiger partial charge in [0.2, 0.25) is 0 Å². The molecule has 0 amide bonds. The van der Waals surface area contributed by atoms with Crippen LogP contribution in [0.4, 0.5) is 0 Å². The molecule has 84 valence electrons. The fourth-order valence-electron chi connectivity index (χ4n) is 1.78. The van der Waals surface area contributed by atoms with E-state index in [9.17, 15) is 0 Å². The van der Waals surface area contributed by atoms with Gasteiger partial charge in [0.15, 0.2) is 0 Å². The van der Waals surface area contributed by atoms with Gasteiger partial charge in [-0.1, -0.05) is 64.5 Å². The summed E-state index contributed by atoms with van der Waals surface area (Å²) in [4.78, 5) is 0.751. The molecule has 0 aliphatic rings. The van der Waals surface area contributed by atoms with Crippen molar-refractivity contribution in [3.05, 3.63) is 0 Å². The van der Waals surface area contributed by atoms with Gasteiger partial charge < -0.3 is 5.73 Å². The fraction of sp³-hybridized carbons (Fsp3) is 0.909. The Balaban J connectivity index is 3.94. The lowest BCUT2D eigenvalue weighted by Gasteiger charge is -2.27. The zero-order valence-corrected chi connectivity index (χ0v) is 11.9. The highest BCUT2D eigenvalue weighted by molar-refractivity contribution is 7.80. The second kappa shape index (κ2) is 6.56. The molecule has 0 aliphatic heterocycles. The van der Waals surface area contributed by atoms with Gasteiger partial charge >= 0.3 is 0 Å². The Hall–Kier alpha value is 0.107. The van der Waals surface area contributed by atoms with Crippen LogP contribution >= 0.6 is 12.2 Å². The third-order valence-corrected chi connectivity index (χ3v) is 5.92. The van der Waals surface area contributed by atoms with Crippen molar-refractivity contribution >= 4 is 25.3 Å². The summed E-state index contributed by atoms with van der Waals surface area (Å²) in [5, 5.41) is 0. The Bertz CT molecular complexity index is 175. The van der Waals surface area contributed by atoms with E-state index in [0.717, 1.165) is 4.99 Å². The third kappa shape index (κ3) is 5.76. The Labute approximate surface area is 95.5 Å². The summed E-state index contributed by atoms with van der Waals surface area (Å²) in [5.74, 6) is 0. The Morgan fingerprint density at radius 2 is 1.79 bits per heavy atom. The lowest BCUT2D eigenvalue weighted by atomic mass is 10.1. The molecule has 0 aromatic rings. The molecule has 0 saturated carbocycles. The Kier molecular flexibility index (Phi) is 6.61. The molecule has 0 spiro atoms. The predicted molar refractivity (Wildman–Crippen MR) is 72.6 cm³/mol. The first-order valence-corrected chi connectivity index (χ1v) is 9.67. The van der Waals surface area contributed by atoms with E-state index in [4.69, 9.17) is 18.0 Å². The molecule has 0 aromatic heterocycles. The minimum atomic E-state index is -1.18.